The molecule has 2 heterocycles. The molecule has 3 rings (SSSR count). The van der Waals surface area contributed by atoms with Crippen LogP contribution in [0, 0.1) is 0 Å². The molecule has 0 fully saturated rings. The standard InChI is InChI=1S/C16H14ClN3OS2/c1-10(15(21)20-14-7-6-12(17)8-18-14)23-16-19-13-5-3-2-4-11(13)9-22-16/h2-8,10H,9H2,1H3,(H,18,20,21)/t10-/m0/s1. The lowest BCUT2D eigenvalue weighted by atomic mass is 10.2. The van der Waals surface area contributed by atoms with E-state index in [9.17, 15) is 4.79 Å². The second kappa shape index (κ2) is 7.38. The fraction of sp³-hybridized carbons (Fsp3) is 0.188. The molecule has 23 heavy (non-hydrogen) atoms. The summed E-state index contributed by atoms with van der Waals surface area (Å²) in [6.07, 6.45) is 1.51. The Morgan fingerprint density at radius 3 is 2.96 bits per heavy atom. The first kappa shape index (κ1) is 16.4. The largest absolute Gasteiger partial charge is 0.310 e. The highest BCUT2D eigenvalue weighted by Crippen LogP contribution is 2.35. The fourth-order valence-corrected chi connectivity index (χ4v) is 4.25. The highest BCUT2D eigenvalue weighted by Gasteiger charge is 2.20. The third kappa shape index (κ3) is 4.28. The van der Waals surface area contributed by atoms with E-state index < -0.39 is 0 Å². The second-order valence-corrected chi connectivity index (χ2v) is 7.89. The molecular weight excluding hydrogens is 350 g/mol. The molecule has 7 heteroatoms. The zero-order valence-electron chi connectivity index (χ0n) is 12.3. The summed E-state index contributed by atoms with van der Waals surface area (Å²) < 4.78 is 0.912. The van der Waals surface area contributed by atoms with Crippen molar-refractivity contribution >= 4 is 56.9 Å². The lowest BCUT2D eigenvalue weighted by Gasteiger charge is -2.17. The van der Waals surface area contributed by atoms with E-state index in [0.29, 0.717) is 10.8 Å². The number of aromatic nitrogens is 1. The predicted molar refractivity (Wildman–Crippen MR) is 99.8 cm³/mol. The van der Waals surface area contributed by atoms with Crippen molar-refractivity contribution in [3.63, 3.8) is 0 Å². The number of hydrogen-bond donors (Lipinski definition) is 1. The van der Waals surface area contributed by atoms with E-state index in [1.165, 1.54) is 23.5 Å². The summed E-state index contributed by atoms with van der Waals surface area (Å²) in [4.78, 5) is 20.9. The van der Waals surface area contributed by atoms with Crippen molar-refractivity contribution < 1.29 is 4.79 Å². The molecule has 1 aliphatic rings. The number of nitrogens with zero attached hydrogens (tertiary/aromatic N) is 2. The number of thioether (sulfide) groups is 2. The van der Waals surface area contributed by atoms with Crippen LogP contribution in [0.15, 0.2) is 47.6 Å². The molecule has 0 bridgehead atoms. The lowest BCUT2D eigenvalue weighted by molar-refractivity contribution is -0.115. The highest BCUT2D eigenvalue weighted by molar-refractivity contribution is 8.39. The average Bonchev–Trinajstić information content (AvgIpc) is 2.56. The number of anilines is 1. The zero-order chi connectivity index (χ0) is 16.2. The molecule has 0 spiro atoms. The van der Waals surface area contributed by atoms with Crippen LogP contribution in [0.1, 0.15) is 12.5 Å². The van der Waals surface area contributed by atoms with Gasteiger partial charge in [0.15, 0.2) is 0 Å². The van der Waals surface area contributed by atoms with Crippen molar-refractivity contribution in [2.24, 2.45) is 4.99 Å². The number of para-hydroxylation sites is 1. The zero-order valence-corrected chi connectivity index (χ0v) is 14.7. The number of carbonyl (C=O) groups is 1. The van der Waals surface area contributed by atoms with E-state index in [1.807, 2.05) is 25.1 Å². The van der Waals surface area contributed by atoms with Crippen molar-refractivity contribution in [1.29, 1.82) is 0 Å². The molecular formula is C16H14ClN3OS2. The maximum atomic E-state index is 12.2. The number of fused-ring (bicyclic) bond motifs is 1. The Morgan fingerprint density at radius 1 is 1.35 bits per heavy atom. The Hall–Kier alpha value is -1.50. The number of rotatable bonds is 3. The summed E-state index contributed by atoms with van der Waals surface area (Å²) in [5, 5.41) is 3.06. The van der Waals surface area contributed by atoms with E-state index in [0.717, 1.165) is 15.8 Å². The SMILES string of the molecule is C[C@H](SC1=Nc2ccccc2CS1)C(=O)Nc1ccc(Cl)cn1. The number of benzene rings is 1. The third-order valence-corrected chi connectivity index (χ3v) is 5.70. The van der Waals surface area contributed by atoms with Gasteiger partial charge in [-0.15, -0.1) is 0 Å². The van der Waals surface area contributed by atoms with Crippen molar-refractivity contribution in [2.75, 3.05) is 5.32 Å². The first-order chi connectivity index (χ1) is 11.1. The summed E-state index contributed by atoms with van der Waals surface area (Å²) >= 11 is 8.90. The molecule has 0 saturated carbocycles. The highest BCUT2D eigenvalue weighted by atomic mass is 35.5. The molecule has 0 unspecified atom stereocenters. The average molecular weight is 364 g/mol. The van der Waals surface area contributed by atoms with Gasteiger partial charge in [0, 0.05) is 11.9 Å². The predicted octanol–water partition coefficient (Wildman–Crippen LogP) is 4.73. The molecule has 0 radical (unpaired) electrons. The van der Waals surface area contributed by atoms with Crippen LogP contribution in [0.2, 0.25) is 5.02 Å². The fourth-order valence-electron chi connectivity index (χ4n) is 1.95. The van der Waals surface area contributed by atoms with E-state index in [2.05, 4.69) is 21.4 Å². The Bertz CT molecular complexity index is 749. The van der Waals surface area contributed by atoms with Gasteiger partial charge in [0.1, 0.15) is 10.2 Å². The summed E-state index contributed by atoms with van der Waals surface area (Å²) in [7, 11) is 0. The van der Waals surface area contributed by atoms with E-state index >= 15 is 0 Å². The summed E-state index contributed by atoms with van der Waals surface area (Å²) in [6, 6.07) is 11.4. The van der Waals surface area contributed by atoms with Gasteiger partial charge < -0.3 is 5.32 Å². The van der Waals surface area contributed by atoms with Gasteiger partial charge >= 0.3 is 0 Å². The minimum absolute atomic E-state index is 0.105. The van der Waals surface area contributed by atoms with Crippen LogP contribution in [0.4, 0.5) is 11.5 Å². The molecule has 1 aromatic heterocycles. The van der Waals surface area contributed by atoms with Crippen LogP contribution in [0.3, 0.4) is 0 Å². The van der Waals surface area contributed by atoms with Crippen molar-refractivity contribution in [2.45, 2.75) is 17.9 Å². The number of hydrogen-bond acceptors (Lipinski definition) is 5. The van der Waals surface area contributed by atoms with Crippen LogP contribution in [-0.4, -0.2) is 20.5 Å². The number of carbonyl (C=O) groups excluding carboxylic acids is 1. The quantitative estimate of drug-likeness (QED) is 0.856. The minimum atomic E-state index is -0.260. The van der Waals surface area contributed by atoms with E-state index in [-0.39, 0.29) is 11.2 Å². The number of nitrogens with one attached hydrogen (secondary N) is 1. The first-order valence-electron chi connectivity index (χ1n) is 7.00. The van der Waals surface area contributed by atoms with Gasteiger partial charge in [-0.25, -0.2) is 9.98 Å². The van der Waals surface area contributed by atoms with Crippen molar-refractivity contribution in [1.82, 2.24) is 4.98 Å². The summed E-state index contributed by atoms with van der Waals surface area (Å²) in [6.45, 7) is 1.86. The van der Waals surface area contributed by atoms with E-state index in [1.54, 1.807) is 23.9 Å². The maximum absolute atomic E-state index is 12.2. The molecule has 2 aromatic rings. The van der Waals surface area contributed by atoms with Gasteiger partial charge in [-0.3, -0.25) is 4.79 Å². The molecule has 1 atom stereocenters. The van der Waals surface area contributed by atoms with Crippen molar-refractivity contribution in [3.8, 4) is 0 Å². The first-order valence-corrected chi connectivity index (χ1v) is 9.24. The topological polar surface area (TPSA) is 54.4 Å². The van der Waals surface area contributed by atoms with Gasteiger partial charge in [-0.1, -0.05) is 53.3 Å². The molecule has 1 aromatic carbocycles. The van der Waals surface area contributed by atoms with Gasteiger partial charge in [0.2, 0.25) is 5.91 Å². The van der Waals surface area contributed by atoms with E-state index in [4.69, 9.17) is 11.6 Å². The number of halogens is 1. The van der Waals surface area contributed by atoms with Crippen LogP contribution < -0.4 is 5.32 Å². The smallest absolute Gasteiger partial charge is 0.238 e. The number of amides is 1. The van der Waals surface area contributed by atoms with Gasteiger partial charge in [0.25, 0.3) is 0 Å². The monoisotopic (exact) mass is 363 g/mol. The van der Waals surface area contributed by atoms with Crippen LogP contribution in [-0.2, 0) is 10.5 Å². The van der Waals surface area contributed by atoms with Crippen LogP contribution in [0.5, 0.6) is 0 Å². The molecule has 4 nitrogen and oxygen atoms in total. The summed E-state index contributed by atoms with van der Waals surface area (Å²) in [5.41, 5.74) is 2.21. The Labute approximate surface area is 148 Å². The molecule has 1 amide bonds. The molecule has 0 saturated heterocycles. The normalized spacial score (nSPS) is 14.6. The molecule has 1 aliphatic heterocycles. The molecule has 118 valence electrons. The summed E-state index contributed by atoms with van der Waals surface area (Å²) in [5.74, 6) is 1.28. The van der Waals surface area contributed by atoms with Gasteiger partial charge in [-0.05, 0) is 30.7 Å². The number of pyridine rings is 1. The number of aliphatic imine (C=N–C) groups is 1. The minimum Gasteiger partial charge on any atom is -0.310 e. The van der Waals surface area contributed by atoms with Gasteiger partial charge in [0.05, 0.1) is 16.0 Å². The van der Waals surface area contributed by atoms with Crippen LogP contribution >= 0.6 is 35.1 Å². The van der Waals surface area contributed by atoms with Crippen LogP contribution in [0.25, 0.3) is 0 Å². The molecule has 0 aliphatic carbocycles. The Balaban J connectivity index is 1.63. The lowest BCUT2D eigenvalue weighted by Crippen LogP contribution is -2.24. The Kier molecular flexibility index (Phi) is 5.25. The third-order valence-electron chi connectivity index (χ3n) is 3.18. The van der Waals surface area contributed by atoms with Gasteiger partial charge in [-0.2, -0.15) is 0 Å². The van der Waals surface area contributed by atoms with Crippen molar-refractivity contribution in [3.05, 3.63) is 53.2 Å². The maximum Gasteiger partial charge on any atom is 0.238 e. The Morgan fingerprint density at radius 2 is 2.17 bits per heavy atom. The second-order valence-electron chi connectivity index (χ2n) is 4.91. The molecule has 1 N–H and O–H groups in total.